The van der Waals surface area contributed by atoms with E-state index >= 15 is 0 Å². The fourth-order valence-electron chi connectivity index (χ4n) is 3.63. The Bertz CT molecular complexity index is 1070. The van der Waals surface area contributed by atoms with Gasteiger partial charge >= 0.3 is 0 Å². The van der Waals surface area contributed by atoms with Crippen molar-refractivity contribution in [2.45, 2.75) is 39.4 Å². The Hall–Kier alpha value is -2.04. The van der Waals surface area contributed by atoms with Gasteiger partial charge in [0.15, 0.2) is 9.84 Å². The van der Waals surface area contributed by atoms with E-state index in [9.17, 15) is 8.42 Å². The Morgan fingerprint density at radius 2 is 2.18 bits per heavy atom. The normalized spacial score (nSPS) is 18.9. The summed E-state index contributed by atoms with van der Waals surface area (Å²) in [5, 5.41) is 12.6. The fraction of sp³-hybridized carbons (Fsp3) is 0.500. The van der Waals surface area contributed by atoms with Crippen LogP contribution in [0.3, 0.4) is 0 Å². The van der Waals surface area contributed by atoms with Crippen molar-refractivity contribution in [1.29, 1.82) is 0 Å². The van der Waals surface area contributed by atoms with Crippen LogP contribution in [-0.2, 0) is 22.9 Å². The first kappa shape index (κ1) is 19.3. The summed E-state index contributed by atoms with van der Waals surface area (Å²) in [6, 6.07) is 1.90. The van der Waals surface area contributed by atoms with E-state index < -0.39 is 9.84 Å². The number of nitrogens with zero attached hydrogens (tertiary/aromatic N) is 5. The molecule has 0 aromatic carbocycles. The minimum atomic E-state index is -2.94. The van der Waals surface area contributed by atoms with Gasteiger partial charge in [-0.1, -0.05) is 5.16 Å². The second kappa shape index (κ2) is 7.41. The molecule has 8 nitrogen and oxygen atoms in total. The predicted molar refractivity (Wildman–Crippen MR) is 107 cm³/mol. The van der Waals surface area contributed by atoms with Crippen LogP contribution in [-0.4, -0.2) is 51.8 Å². The first-order valence-corrected chi connectivity index (χ1v) is 11.9. The summed E-state index contributed by atoms with van der Waals surface area (Å²) in [6.45, 7) is 5.18. The molecule has 150 valence electrons. The lowest BCUT2D eigenvalue weighted by Crippen LogP contribution is -2.19. The maximum atomic E-state index is 11.8. The van der Waals surface area contributed by atoms with Crippen molar-refractivity contribution in [1.82, 2.24) is 24.8 Å². The third-order valence-electron chi connectivity index (χ3n) is 5.11. The van der Waals surface area contributed by atoms with Gasteiger partial charge in [-0.3, -0.25) is 9.58 Å². The van der Waals surface area contributed by atoms with Gasteiger partial charge in [0.05, 0.1) is 29.8 Å². The number of thiophene rings is 1. The molecule has 0 aliphatic carbocycles. The highest BCUT2D eigenvalue weighted by molar-refractivity contribution is 7.91. The molecule has 0 radical (unpaired) electrons. The van der Waals surface area contributed by atoms with Crippen molar-refractivity contribution < 1.29 is 12.9 Å². The molecule has 0 spiro atoms. The third kappa shape index (κ3) is 3.89. The van der Waals surface area contributed by atoms with Crippen LogP contribution in [0.1, 0.15) is 35.3 Å². The van der Waals surface area contributed by atoms with Gasteiger partial charge in [0.25, 0.3) is 0 Å². The van der Waals surface area contributed by atoms with E-state index in [-0.39, 0.29) is 17.5 Å². The lowest BCUT2D eigenvalue weighted by Gasteiger charge is -2.15. The van der Waals surface area contributed by atoms with Crippen LogP contribution in [0.25, 0.3) is 11.4 Å². The Balaban J connectivity index is 1.45. The van der Waals surface area contributed by atoms with Gasteiger partial charge < -0.3 is 4.52 Å². The number of aromatic nitrogens is 4. The van der Waals surface area contributed by atoms with Crippen molar-refractivity contribution in [2.24, 2.45) is 0 Å². The molecule has 0 bridgehead atoms. The third-order valence-corrected chi connectivity index (χ3v) is 7.54. The van der Waals surface area contributed by atoms with Crippen LogP contribution < -0.4 is 0 Å². The van der Waals surface area contributed by atoms with Crippen molar-refractivity contribution in [2.75, 3.05) is 18.6 Å². The summed E-state index contributed by atoms with van der Waals surface area (Å²) >= 11 is 1.60. The highest BCUT2D eigenvalue weighted by Gasteiger charge is 2.31. The molecule has 10 heteroatoms. The standard InChI is InChI=1S/C18H23N5O3S2/c1-12-16(13(2)23(20-12)15-5-7-28(24,25)11-15)8-22(3)9-17-19-18(21-26-17)14-4-6-27-10-14/h4,6,10,15H,5,7-9,11H2,1-3H3. The predicted octanol–water partition coefficient (Wildman–Crippen LogP) is 2.60. The molecule has 3 aromatic rings. The van der Waals surface area contributed by atoms with Gasteiger partial charge in [0.1, 0.15) is 0 Å². The van der Waals surface area contributed by atoms with E-state index in [0.717, 1.165) is 22.5 Å². The summed E-state index contributed by atoms with van der Waals surface area (Å²) in [4.78, 5) is 6.56. The molecule has 0 amide bonds. The van der Waals surface area contributed by atoms with Crippen LogP contribution in [0.2, 0.25) is 0 Å². The van der Waals surface area contributed by atoms with Crippen molar-refractivity contribution in [3.05, 3.63) is 39.7 Å². The first-order valence-electron chi connectivity index (χ1n) is 9.11. The van der Waals surface area contributed by atoms with E-state index in [1.165, 1.54) is 0 Å². The molecule has 1 unspecified atom stereocenters. The Morgan fingerprint density at radius 1 is 1.36 bits per heavy atom. The molecule has 4 heterocycles. The van der Waals surface area contributed by atoms with Gasteiger partial charge in [-0.25, -0.2) is 8.42 Å². The van der Waals surface area contributed by atoms with E-state index in [4.69, 9.17) is 4.52 Å². The lowest BCUT2D eigenvalue weighted by molar-refractivity contribution is 0.260. The molecule has 0 N–H and O–H groups in total. The minimum Gasteiger partial charge on any atom is -0.338 e. The molecule has 1 aliphatic rings. The summed E-state index contributed by atoms with van der Waals surface area (Å²) in [5.41, 5.74) is 4.03. The number of rotatable bonds is 6. The molecule has 0 saturated carbocycles. The summed E-state index contributed by atoms with van der Waals surface area (Å²) in [7, 11) is -0.951. The molecule has 1 fully saturated rings. The highest BCUT2D eigenvalue weighted by Crippen LogP contribution is 2.27. The van der Waals surface area contributed by atoms with Crippen molar-refractivity contribution >= 4 is 21.2 Å². The Morgan fingerprint density at radius 3 is 2.86 bits per heavy atom. The molecule has 3 aromatic heterocycles. The Kier molecular flexibility index (Phi) is 5.11. The molecule has 28 heavy (non-hydrogen) atoms. The van der Waals surface area contributed by atoms with Gasteiger partial charge in [-0.05, 0) is 38.8 Å². The van der Waals surface area contributed by atoms with E-state index in [1.54, 1.807) is 11.3 Å². The Labute approximate surface area is 168 Å². The monoisotopic (exact) mass is 421 g/mol. The van der Waals surface area contributed by atoms with Gasteiger partial charge in [-0.2, -0.15) is 21.4 Å². The highest BCUT2D eigenvalue weighted by atomic mass is 32.2. The number of hydrogen-bond acceptors (Lipinski definition) is 8. The van der Waals surface area contributed by atoms with Crippen LogP contribution in [0.15, 0.2) is 21.3 Å². The number of aryl methyl sites for hydroxylation is 1. The quantitative estimate of drug-likeness (QED) is 0.604. The lowest BCUT2D eigenvalue weighted by atomic mass is 10.1. The van der Waals surface area contributed by atoms with Gasteiger partial charge in [0.2, 0.25) is 11.7 Å². The largest absolute Gasteiger partial charge is 0.338 e. The SMILES string of the molecule is Cc1nn(C2CCS(=O)(=O)C2)c(C)c1CN(C)Cc1nc(-c2ccsc2)no1. The number of sulfone groups is 1. The number of hydrogen-bond donors (Lipinski definition) is 0. The zero-order chi connectivity index (χ0) is 19.9. The fourth-order valence-corrected chi connectivity index (χ4v) is 5.96. The molecular weight excluding hydrogens is 398 g/mol. The van der Waals surface area contributed by atoms with Crippen molar-refractivity contribution in [3.63, 3.8) is 0 Å². The molecule has 1 aliphatic heterocycles. The van der Waals surface area contributed by atoms with Gasteiger partial charge in [-0.15, -0.1) is 0 Å². The topological polar surface area (TPSA) is 94.1 Å². The van der Waals surface area contributed by atoms with Crippen LogP contribution in [0, 0.1) is 13.8 Å². The van der Waals surface area contributed by atoms with Crippen molar-refractivity contribution in [3.8, 4) is 11.4 Å². The van der Waals surface area contributed by atoms with E-state index in [2.05, 4.69) is 20.1 Å². The summed E-state index contributed by atoms with van der Waals surface area (Å²) < 4.78 is 30.9. The molecular formula is C18H23N5O3S2. The maximum absolute atomic E-state index is 11.8. The smallest absolute Gasteiger partial charge is 0.241 e. The van der Waals surface area contributed by atoms with Crippen LogP contribution in [0.4, 0.5) is 0 Å². The minimum absolute atomic E-state index is 0.0631. The zero-order valence-corrected chi connectivity index (χ0v) is 17.8. The maximum Gasteiger partial charge on any atom is 0.241 e. The van der Waals surface area contributed by atoms with Crippen LogP contribution in [0.5, 0.6) is 0 Å². The average molecular weight is 422 g/mol. The second-order valence-corrected chi connectivity index (χ2v) is 10.4. The average Bonchev–Trinajstić information content (AvgIpc) is 3.39. The molecule has 1 saturated heterocycles. The van der Waals surface area contributed by atoms with Gasteiger partial charge in [0, 0.05) is 28.7 Å². The van der Waals surface area contributed by atoms with E-state index in [1.807, 2.05) is 42.4 Å². The zero-order valence-electron chi connectivity index (χ0n) is 16.1. The second-order valence-electron chi connectivity index (χ2n) is 7.35. The first-order chi connectivity index (χ1) is 13.3. The van der Waals surface area contributed by atoms with E-state index in [0.29, 0.717) is 31.2 Å². The molecule has 4 rings (SSSR count). The molecule has 1 atom stereocenters. The van der Waals surface area contributed by atoms with Crippen LogP contribution >= 0.6 is 11.3 Å². The summed E-state index contributed by atoms with van der Waals surface area (Å²) in [5.74, 6) is 1.59. The summed E-state index contributed by atoms with van der Waals surface area (Å²) in [6.07, 6.45) is 0.632.